The molecule has 1 fully saturated rings. The molecule has 2 rings (SSSR count). The lowest BCUT2D eigenvalue weighted by molar-refractivity contribution is 0.0550. The second-order valence-corrected chi connectivity index (χ2v) is 4.50. The average molecular weight is 205 g/mol. The number of nitrogens with zero attached hydrogens (tertiary/aromatic N) is 2. The highest BCUT2D eigenvalue weighted by atomic mass is 35.5. The van der Waals surface area contributed by atoms with Gasteiger partial charge in [-0.05, 0) is 31.4 Å². The number of aromatic nitrogens is 2. The minimum absolute atomic E-state index is 0.130. The molecule has 1 aliphatic heterocycles. The zero-order valence-electron chi connectivity index (χ0n) is 6.66. The van der Waals surface area contributed by atoms with Gasteiger partial charge in [-0.1, -0.05) is 11.3 Å². The molecular weight excluding hydrogens is 196 g/mol. The molecular formula is C7H9ClN2OS. The summed E-state index contributed by atoms with van der Waals surface area (Å²) in [5, 5.41) is 8.59. The van der Waals surface area contributed by atoms with Crippen LogP contribution >= 0.6 is 22.9 Å². The fourth-order valence-corrected chi connectivity index (χ4v) is 2.25. The Balaban J connectivity index is 2.11. The van der Waals surface area contributed by atoms with Crippen molar-refractivity contribution in [2.75, 3.05) is 0 Å². The molecule has 0 aliphatic carbocycles. The predicted molar refractivity (Wildman–Crippen MR) is 47.4 cm³/mol. The maximum absolute atomic E-state index is 5.66. The summed E-state index contributed by atoms with van der Waals surface area (Å²) in [5.41, 5.74) is 0. The molecule has 2 heterocycles. The molecule has 0 amide bonds. The maximum atomic E-state index is 5.66. The zero-order chi connectivity index (χ0) is 8.55. The van der Waals surface area contributed by atoms with Crippen LogP contribution in [0.5, 0.6) is 0 Å². The highest BCUT2D eigenvalue weighted by Crippen LogP contribution is 2.34. The molecule has 1 saturated heterocycles. The van der Waals surface area contributed by atoms with Crippen LogP contribution in [0.3, 0.4) is 0 Å². The van der Waals surface area contributed by atoms with E-state index in [1.54, 1.807) is 0 Å². The van der Waals surface area contributed by atoms with E-state index in [0.29, 0.717) is 10.6 Å². The quantitative estimate of drug-likeness (QED) is 0.705. The minimum atomic E-state index is 0.130. The van der Waals surface area contributed by atoms with E-state index < -0.39 is 0 Å². The highest BCUT2D eigenvalue weighted by molar-refractivity contribution is 7.15. The molecule has 12 heavy (non-hydrogen) atoms. The number of hydrogen-bond donors (Lipinski definition) is 0. The van der Waals surface area contributed by atoms with Crippen molar-refractivity contribution in [2.24, 2.45) is 0 Å². The van der Waals surface area contributed by atoms with E-state index >= 15 is 0 Å². The molecule has 0 aromatic carbocycles. The summed E-state index contributed by atoms with van der Waals surface area (Å²) in [5.74, 6) is 0. The van der Waals surface area contributed by atoms with Gasteiger partial charge in [0.25, 0.3) is 0 Å². The second-order valence-electron chi connectivity index (χ2n) is 2.91. The number of hydrogen-bond acceptors (Lipinski definition) is 4. The molecule has 66 valence electrons. The summed E-state index contributed by atoms with van der Waals surface area (Å²) < 4.78 is 6.10. The van der Waals surface area contributed by atoms with Gasteiger partial charge in [0, 0.05) is 0 Å². The van der Waals surface area contributed by atoms with Gasteiger partial charge in [0.1, 0.15) is 11.1 Å². The molecule has 1 aromatic rings. The summed E-state index contributed by atoms with van der Waals surface area (Å²) >= 11 is 7.07. The van der Waals surface area contributed by atoms with Crippen LogP contribution in [0.25, 0.3) is 0 Å². The molecule has 3 nitrogen and oxygen atoms in total. The Bertz CT molecular complexity index is 278. The van der Waals surface area contributed by atoms with Gasteiger partial charge in [-0.25, -0.2) is 0 Å². The first kappa shape index (κ1) is 8.41. The van der Waals surface area contributed by atoms with Crippen molar-refractivity contribution >= 4 is 22.9 Å². The number of halogens is 1. The van der Waals surface area contributed by atoms with Gasteiger partial charge < -0.3 is 4.74 Å². The third kappa shape index (κ3) is 1.60. The fraction of sp³-hybridized carbons (Fsp3) is 0.714. The largest absolute Gasteiger partial charge is 0.368 e. The Labute approximate surface area is 79.7 Å². The molecule has 2 atom stereocenters. The molecule has 0 saturated carbocycles. The molecule has 1 aromatic heterocycles. The van der Waals surface area contributed by atoms with Crippen molar-refractivity contribution in [3.63, 3.8) is 0 Å². The Kier molecular flexibility index (Phi) is 2.30. The normalized spacial score (nSPS) is 29.5. The lowest BCUT2D eigenvalue weighted by atomic mass is 10.2. The lowest BCUT2D eigenvalue weighted by Gasteiger charge is -2.05. The SMILES string of the molecule is CC1CCC(c2nnc(Cl)s2)O1. The highest BCUT2D eigenvalue weighted by Gasteiger charge is 2.26. The van der Waals surface area contributed by atoms with E-state index in [0.717, 1.165) is 17.8 Å². The van der Waals surface area contributed by atoms with Crippen LogP contribution in [0, 0.1) is 0 Å². The van der Waals surface area contributed by atoms with Crippen LogP contribution in [-0.2, 0) is 4.74 Å². The van der Waals surface area contributed by atoms with E-state index in [4.69, 9.17) is 16.3 Å². The van der Waals surface area contributed by atoms with Gasteiger partial charge in [0.15, 0.2) is 0 Å². The van der Waals surface area contributed by atoms with Crippen molar-refractivity contribution in [3.8, 4) is 0 Å². The van der Waals surface area contributed by atoms with Gasteiger partial charge in [0.05, 0.1) is 6.10 Å². The van der Waals surface area contributed by atoms with Crippen molar-refractivity contribution in [3.05, 3.63) is 9.47 Å². The molecule has 0 spiro atoms. The molecule has 0 bridgehead atoms. The molecule has 2 unspecified atom stereocenters. The molecule has 0 radical (unpaired) electrons. The lowest BCUT2D eigenvalue weighted by Crippen LogP contribution is -2.00. The van der Waals surface area contributed by atoms with Gasteiger partial charge in [0.2, 0.25) is 4.47 Å². The van der Waals surface area contributed by atoms with E-state index in [1.807, 2.05) is 0 Å². The first-order valence-corrected chi connectivity index (χ1v) is 5.09. The Morgan fingerprint density at radius 2 is 2.33 bits per heavy atom. The van der Waals surface area contributed by atoms with Crippen LogP contribution in [0.1, 0.15) is 30.9 Å². The monoisotopic (exact) mass is 204 g/mol. The van der Waals surface area contributed by atoms with Crippen LogP contribution in [0.4, 0.5) is 0 Å². The van der Waals surface area contributed by atoms with E-state index in [-0.39, 0.29) is 6.10 Å². The minimum Gasteiger partial charge on any atom is -0.368 e. The van der Waals surface area contributed by atoms with Crippen LogP contribution < -0.4 is 0 Å². The summed E-state index contributed by atoms with van der Waals surface area (Å²) in [6, 6.07) is 0. The maximum Gasteiger partial charge on any atom is 0.207 e. The first-order valence-electron chi connectivity index (χ1n) is 3.90. The van der Waals surface area contributed by atoms with Crippen molar-refractivity contribution in [1.29, 1.82) is 0 Å². The van der Waals surface area contributed by atoms with Crippen molar-refractivity contribution in [1.82, 2.24) is 10.2 Å². The third-order valence-electron chi connectivity index (χ3n) is 1.92. The summed E-state index contributed by atoms with van der Waals surface area (Å²) in [6.45, 7) is 2.07. The predicted octanol–water partition coefficient (Wildman–Crippen LogP) is 2.43. The fourth-order valence-electron chi connectivity index (χ4n) is 1.33. The van der Waals surface area contributed by atoms with Crippen LogP contribution in [-0.4, -0.2) is 16.3 Å². The topological polar surface area (TPSA) is 35.0 Å². The van der Waals surface area contributed by atoms with E-state index in [1.165, 1.54) is 11.3 Å². The third-order valence-corrected chi connectivity index (χ3v) is 3.03. The first-order chi connectivity index (χ1) is 5.75. The Morgan fingerprint density at radius 1 is 1.50 bits per heavy atom. The van der Waals surface area contributed by atoms with E-state index in [2.05, 4.69) is 17.1 Å². The van der Waals surface area contributed by atoms with Gasteiger partial charge in [-0.2, -0.15) is 0 Å². The molecule has 1 aliphatic rings. The van der Waals surface area contributed by atoms with Crippen molar-refractivity contribution in [2.45, 2.75) is 32.0 Å². The zero-order valence-corrected chi connectivity index (χ0v) is 8.23. The molecule has 0 N–H and O–H groups in total. The Morgan fingerprint density at radius 3 is 2.83 bits per heavy atom. The summed E-state index contributed by atoms with van der Waals surface area (Å²) in [7, 11) is 0. The second kappa shape index (κ2) is 3.28. The Hall–Kier alpha value is -0.190. The number of rotatable bonds is 1. The van der Waals surface area contributed by atoms with Crippen molar-refractivity contribution < 1.29 is 4.74 Å². The smallest absolute Gasteiger partial charge is 0.207 e. The molecule has 5 heteroatoms. The summed E-state index contributed by atoms with van der Waals surface area (Å²) in [4.78, 5) is 0. The average Bonchev–Trinajstić information content (AvgIpc) is 2.58. The number of ether oxygens (including phenoxy) is 1. The van der Waals surface area contributed by atoms with E-state index in [9.17, 15) is 0 Å². The van der Waals surface area contributed by atoms with Crippen LogP contribution in [0.15, 0.2) is 0 Å². The van der Waals surface area contributed by atoms with Gasteiger partial charge >= 0.3 is 0 Å². The standard InChI is InChI=1S/C7H9ClN2OS/c1-4-2-3-5(11-4)6-9-10-7(8)12-6/h4-5H,2-3H2,1H3. The van der Waals surface area contributed by atoms with Crippen LogP contribution in [0.2, 0.25) is 4.47 Å². The summed E-state index contributed by atoms with van der Waals surface area (Å²) in [6.07, 6.45) is 2.61. The van der Waals surface area contributed by atoms with Gasteiger partial charge in [-0.15, -0.1) is 10.2 Å². The van der Waals surface area contributed by atoms with Gasteiger partial charge in [-0.3, -0.25) is 0 Å².